The van der Waals surface area contributed by atoms with Gasteiger partial charge in [-0.2, -0.15) is 0 Å². The maximum absolute atomic E-state index is 12.0. The molecule has 0 spiro atoms. The van der Waals surface area contributed by atoms with Crippen LogP contribution in [0.3, 0.4) is 0 Å². The average molecular weight is 397 g/mol. The first-order chi connectivity index (χ1) is 11.3. The monoisotopic (exact) mass is 395 g/mol. The second-order valence-electron chi connectivity index (χ2n) is 5.16. The molecule has 134 valence electrons. The molecular weight excluding hydrogens is 377 g/mol. The summed E-state index contributed by atoms with van der Waals surface area (Å²) in [6, 6.07) is 2.98. The molecule has 0 aromatic heterocycles. The minimum atomic E-state index is -0.337. The lowest BCUT2D eigenvalue weighted by Crippen LogP contribution is -2.39. The van der Waals surface area contributed by atoms with E-state index in [2.05, 4.69) is 10.6 Å². The van der Waals surface area contributed by atoms with Gasteiger partial charge in [-0.25, -0.2) is 0 Å². The van der Waals surface area contributed by atoms with Gasteiger partial charge < -0.3 is 15.4 Å². The lowest BCUT2D eigenvalue weighted by Gasteiger charge is -2.17. The molecule has 0 bridgehead atoms. The van der Waals surface area contributed by atoms with Crippen LogP contribution in [0.2, 0.25) is 15.1 Å². The van der Waals surface area contributed by atoms with Crippen molar-refractivity contribution in [1.29, 1.82) is 0 Å². The fraction of sp³-hybridized carbons (Fsp3) is 0.467. The second-order valence-corrected chi connectivity index (χ2v) is 6.41. The Bertz CT molecular complexity index is 561. The van der Waals surface area contributed by atoms with Gasteiger partial charge in [-0.05, 0) is 25.6 Å². The van der Waals surface area contributed by atoms with E-state index in [0.29, 0.717) is 23.9 Å². The first-order valence-electron chi connectivity index (χ1n) is 7.22. The predicted molar refractivity (Wildman–Crippen MR) is 97.1 cm³/mol. The number of likely N-dealkylation sites (N-methyl/N-ethyl adjacent to an activating group) is 1. The van der Waals surface area contributed by atoms with Crippen LogP contribution in [0.15, 0.2) is 12.1 Å². The molecule has 0 atom stereocenters. The lowest BCUT2D eigenvalue weighted by atomic mass is 10.3. The van der Waals surface area contributed by atoms with Gasteiger partial charge in [0, 0.05) is 25.3 Å². The first kappa shape index (κ1) is 21.0. The van der Waals surface area contributed by atoms with Crippen LogP contribution in [0.1, 0.15) is 6.42 Å². The number of benzene rings is 1. The molecule has 1 aromatic carbocycles. The molecule has 0 unspecified atom stereocenters. The van der Waals surface area contributed by atoms with Crippen molar-refractivity contribution in [3.05, 3.63) is 27.2 Å². The molecule has 0 aliphatic rings. The number of ether oxygens (including phenoxy) is 1. The smallest absolute Gasteiger partial charge is 0.238 e. The fourth-order valence-corrected chi connectivity index (χ4v) is 2.80. The SMILES string of the molecule is COCCCNC(=O)CN(C)CC(=O)Nc1c(Cl)cc(Cl)cc1Cl. The number of hydrogen-bond acceptors (Lipinski definition) is 4. The zero-order valence-corrected chi connectivity index (χ0v) is 15.8. The molecule has 0 saturated heterocycles. The van der Waals surface area contributed by atoms with Crippen molar-refractivity contribution in [1.82, 2.24) is 10.2 Å². The zero-order chi connectivity index (χ0) is 18.1. The molecule has 0 aliphatic heterocycles. The zero-order valence-electron chi connectivity index (χ0n) is 13.5. The number of carbonyl (C=O) groups is 2. The van der Waals surface area contributed by atoms with Gasteiger partial charge in [-0.1, -0.05) is 34.8 Å². The molecular formula is C15H20Cl3N3O3. The highest BCUT2D eigenvalue weighted by molar-refractivity contribution is 6.42. The van der Waals surface area contributed by atoms with Crippen molar-refractivity contribution in [3.63, 3.8) is 0 Å². The third-order valence-corrected chi connectivity index (χ3v) is 3.76. The topological polar surface area (TPSA) is 70.7 Å². The summed E-state index contributed by atoms with van der Waals surface area (Å²) in [6.07, 6.45) is 0.736. The molecule has 1 aromatic rings. The Morgan fingerprint density at radius 2 is 1.71 bits per heavy atom. The Balaban J connectivity index is 2.43. The highest BCUT2D eigenvalue weighted by Crippen LogP contribution is 2.33. The van der Waals surface area contributed by atoms with E-state index in [1.165, 1.54) is 12.1 Å². The Hall–Kier alpha value is -1.05. The van der Waals surface area contributed by atoms with E-state index >= 15 is 0 Å². The van der Waals surface area contributed by atoms with Crippen LogP contribution in [-0.2, 0) is 14.3 Å². The summed E-state index contributed by atoms with van der Waals surface area (Å²) in [6.45, 7) is 1.23. The summed E-state index contributed by atoms with van der Waals surface area (Å²) in [5.41, 5.74) is 0.296. The molecule has 1 rings (SSSR count). The average Bonchev–Trinajstić information content (AvgIpc) is 2.47. The highest BCUT2D eigenvalue weighted by atomic mass is 35.5. The number of hydrogen-bond donors (Lipinski definition) is 2. The number of rotatable bonds is 9. The van der Waals surface area contributed by atoms with E-state index in [-0.39, 0.29) is 34.9 Å². The standard InChI is InChI=1S/C15H20Cl3N3O3/c1-21(8-13(22)19-4-3-5-24-2)9-14(23)20-15-11(17)6-10(16)7-12(15)18/h6-7H,3-5,8-9H2,1-2H3,(H,19,22)(H,20,23). The van der Waals surface area contributed by atoms with Gasteiger partial charge in [0.2, 0.25) is 11.8 Å². The summed E-state index contributed by atoms with van der Waals surface area (Å²) in [4.78, 5) is 25.3. The van der Waals surface area contributed by atoms with Crippen molar-refractivity contribution >= 4 is 52.3 Å². The number of methoxy groups -OCH3 is 1. The van der Waals surface area contributed by atoms with Crippen LogP contribution in [0.4, 0.5) is 5.69 Å². The number of amides is 2. The first-order valence-corrected chi connectivity index (χ1v) is 8.35. The minimum absolute atomic E-state index is 0.0147. The Labute approximate surface area is 156 Å². The number of carbonyl (C=O) groups excluding carboxylic acids is 2. The van der Waals surface area contributed by atoms with Crippen LogP contribution < -0.4 is 10.6 Å². The largest absolute Gasteiger partial charge is 0.385 e. The van der Waals surface area contributed by atoms with Crippen molar-refractivity contribution in [2.75, 3.05) is 45.7 Å². The van der Waals surface area contributed by atoms with E-state index in [9.17, 15) is 9.59 Å². The van der Waals surface area contributed by atoms with Gasteiger partial charge in [-0.15, -0.1) is 0 Å². The molecule has 0 aliphatic carbocycles. The maximum Gasteiger partial charge on any atom is 0.238 e. The van der Waals surface area contributed by atoms with E-state index < -0.39 is 0 Å². The third kappa shape index (κ3) is 7.68. The lowest BCUT2D eigenvalue weighted by molar-refractivity contribution is -0.123. The van der Waals surface area contributed by atoms with Crippen molar-refractivity contribution in [2.45, 2.75) is 6.42 Å². The van der Waals surface area contributed by atoms with Crippen molar-refractivity contribution in [3.8, 4) is 0 Å². The van der Waals surface area contributed by atoms with Crippen molar-refractivity contribution in [2.24, 2.45) is 0 Å². The Kier molecular flexibility index (Phi) is 9.39. The molecule has 0 saturated carbocycles. The summed E-state index contributed by atoms with van der Waals surface area (Å²) < 4.78 is 4.90. The van der Waals surface area contributed by atoms with Gasteiger partial charge in [0.15, 0.2) is 0 Å². The van der Waals surface area contributed by atoms with E-state index in [0.717, 1.165) is 6.42 Å². The second kappa shape index (κ2) is 10.7. The van der Waals surface area contributed by atoms with E-state index in [1.54, 1.807) is 19.1 Å². The van der Waals surface area contributed by atoms with Crippen LogP contribution in [0, 0.1) is 0 Å². The van der Waals surface area contributed by atoms with Gasteiger partial charge in [0.05, 0.1) is 28.8 Å². The Morgan fingerprint density at radius 3 is 2.29 bits per heavy atom. The minimum Gasteiger partial charge on any atom is -0.385 e. The summed E-state index contributed by atoms with van der Waals surface area (Å²) in [5.74, 6) is -0.500. The summed E-state index contributed by atoms with van der Waals surface area (Å²) in [7, 11) is 3.27. The number of nitrogens with one attached hydrogen (secondary N) is 2. The van der Waals surface area contributed by atoms with Crippen LogP contribution >= 0.6 is 34.8 Å². The molecule has 0 fully saturated rings. The quantitative estimate of drug-likeness (QED) is 0.630. The number of anilines is 1. The fourth-order valence-electron chi connectivity index (χ4n) is 1.89. The molecule has 0 radical (unpaired) electrons. The molecule has 0 heterocycles. The molecule has 6 nitrogen and oxygen atoms in total. The molecule has 2 N–H and O–H groups in total. The van der Waals surface area contributed by atoms with E-state index in [4.69, 9.17) is 39.5 Å². The number of halogens is 3. The van der Waals surface area contributed by atoms with Crippen LogP contribution in [0.25, 0.3) is 0 Å². The summed E-state index contributed by atoms with van der Waals surface area (Å²) >= 11 is 17.8. The maximum atomic E-state index is 12.0. The van der Waals surface area contributed by atoms with Gasteiger partial charge in [0.1, 0.15) is 0 Å². The highest BCUT2D eigenvalue weighted by Gasteiger charge is 2.14. The van der Waals surface area contributed by atoms with Gasteiger partial charge >= 0.3 is 0 Å². The predicted octanol–water partition coefficient (Wildman–Crippen LogP) is 2.67. The number of nitrogens with zero attached hydrogens (tertiary/aromatic N) is 1. The third-order valence-electron chi connectivity index (χ3n) is 2.95. The van der Waals surface area contributed by atoms with Gasteiger partial charge in [0.25, 0.3) is 0 Å². The van der Waals surface area contributed by atoms with Crippen molar-refractivity contribution < 1.29 is 14.3 Å². The Morgan fingerprint density at radius 1 is 1.12 bits per heavy atom. The summed E-state index contributed by atoms with van der Waals surface area (Å²) in [5, 5.41) is 6.24. The van der Waals surface area contributed by atoms with E-state index in [1.807, 2.05) is 0 Å². The van der Waals surface area contributed by atoms with Crippen LogP contribution in [0.5, 0.6) is 0 Å². The molecule has 2 amide bonds. The molecule has 24 heavy (non-hydrogen) atoms. The van der Waals surface area contributed by atoms with Crippen LogP contribution in [-0.4, -0.2) is 57.1 Å². The molecule has 9 heteroatoms. The van der Waals surface area contributed by atoms with Gasteiger partial charge in [-0.3, -0.25) is 14.5 Å². The normalized spacial score (nSPS) is 10.8.